The van der Waals surface area contributed by atoms with Gasteiger partial charge >= 0.3 is 5.97 Å². The van der Waals surface area contributed by atoms with Crippen LogP contribution in [0.25, 0.3) is 0 Å². The van der Waals surface area contributed by atoms with Gasteiger partial charge in [-0.05, 0) is 26.3 Å². The molecule has 0 heterocycles. The van der Waals surface area contributed by atoms with Crippen molar-refractivity contribution in [3.63, 3.8) is 0 Å². The van der Waals surface area contributed by atoms with E-state index in [2.05, 4.69) is 0 Å². The molecule has 70 valence electrons. The minimum absolute atomic E-state index is 0.0694. The normalized spacial score (nSPS) is 12.2. The number of nitrogens with zero attached hydrogens (tertiary/aromatic N) is 1. The van der Waals surface area contributed by atoms with Crippen LogP contribution in [-0.4, -0.2) is 12.6 Å². The van der Waals surface area contributed by atoms with Crippen molar-refractivity contribution in [2.24, 2.45) is 0 Å². The van der Waals surface area contributed by atoms with Gasteiger partial charge < -0.3 is 4.74 Å². The lowest BCUT2D eigenvalue weighted by Crippen LogP contribution is -2.07. The van der Waals surface area contributed by atoms with Crippen LogP contribution in [-0.2, 0) is 9.53 Å². The molecule has 0 fully saturated rings. The lowest BCUT2D eigenvalue weighted by Gasteiger charge is -2.00. The van der Waals surface area contributed by atoms with Crippen LogP contribution in [0, 0.1) is 11.3 Å². The van der Waals surface area contributed by atoms with Gasteiger partial charge in [0.25, 0.3) is 0 Å². The summed E-state index contributed by atoms with van der Waals surface area (Å²) in [6.07, 6.45) is 3.47. The van der Waals surface area contributed by atoms with Gasteiger partial charge in [-0.15, -0.1) is 0 Å². The Balaban J connectivity index is 4.79. The topological polar surface area (TPSA) is 50.1 Å². The van der Waals surface area contributed by atoms with E-state index in [0.717, 1.165) is 0 Å². The Morgan fingerprint density at radius 2 is 2.23 bits per heavy atom. The first-order valence-corrected chi connectivity index (χ1v) is 4.08. The smallest absolute Gasteiger partial charge is 0.349 e. The molecule has 0 bridgehead atoms. The number of allylic oxidation sites excluding steroid dienone is 3. The molecule has 0 aliphatic heterocycles. The molecule has 0 aliphatic rings. The summed E-state index contributed by atoms with van der Waals surface area (Å²) in [5.41, 5.74) is 0.698. The first kappa shape index (κ1) is 11.4. The van der Waals surface area contributed by atoms with Crippen molar-refractivity contribution >= 4 is 5.97 Å². The fraction of sp³-hybridized carbons (Fsp3) is 0.400. The quantitative estimate of drug-likeness (QED) is 0.288. The maximum atomic E-state index is 11.2. The molecule has 0 saturated carbocycles. The van der Waals surface area contributed by atoms with E-state index in [0.29, 0.717) is 5.57 Å². The Morgan fingerprint density at radius 3 is 2.62 bits per heavy atom. The van der Waals surface area contributed by atoms with Crippen LogP contribution >= 0.6 is 0 Å². The first-order valence-electron chi connectivity index (χ1n) is 4.08. The maximum Gasteiger partial charge on any atom is 0.349 e. The highest BCUT2D eigenvalue weighted by molar-refractivity contribution is 5.94. The van der Waals surface area contributed by atoms with Crippen LogP contribution in [0.3, 0.4) is 0 Å². The molecule has 0 spiro atoms. The number of ether oxygens (including phenoxy) is 1. The van der Waals surface area contributed by atoms with Crippen LogP contribution in [0.5, 0.6) is 0 Å². The molecule has 0 amide bonds. The summed E-state index contributed by atoms with van der Waals surface area (Å²) in [4.78, 5) is 11.2. The van der Waals surface area contributed by atoms with Crippen molar-refractivity contribution in [3.8, 4) is 6.07 Å². The minimum Gasteiger partial charge on any atom is -0.462 e. The highest BCUT2D eigenvalue weighted by Crippen LogP contribution is 2.06. The fourth-order valence-corrected chi connectivity index (χ4v) is 0.831. The van der Waals surface area contributed by atoms with Crippen LogP contribution in [0.4, 0.5) is 0 Å². The van der Waals surface area contributed by atoms with Crippen molar-refractivity contribution in [2.75, 3.05) is 6.61 Å². The average molecular weight is 179 g/mol. The van der Waals surface area contributed by atoms with Crippen LogP contribution in [0.15, 0.2) is 23.3 Å². The average Bonchev–Trinajstić information content (AvgIpc) is 2.06. The van der Waals surface area contributed by atoms with E-state index in [1.807, 2.05) is 13.0 Å². The molecular weight excluding hydrogens is 166 g/mol. The third-order valence-electron chi connectivity index (χ3n) is 1.40. The van der Waals surface area contributed by atoms with Gasteiger partial charge in [0.05, 0.1) is 6.61 Å². The predicted molar refractivity (Wildman–Crippen MR) is 49.8 cm³/mol. The number of esters is 1. The third-order valence-corrected chi connectivity index (χ3v) is 1.40. The van der Waals surface area contributed by atoms with Gasteiger partial charge in [0, 0.05) is 0 Å². The Labute approximate surface area is 78.3 Å². The van der Waals surface area contributed by atoms with E-state index in [1.165, 1.54) is 0 Å². The molecular formula is C10H13NO2. The summed E-state index contributed by atoms with van der Waals surface area (Å²) in [6, 6.07) is 1.83. The molecule has 0 saturated heterocycles. The predicted octanol–water partition coefficient (Wildman–Crippen LogP) is 1.97. The van der Waals surface area contributed by atoms with Crippen molar-refractivity contribution in [1.29, 1.82) is 5.26 Å². The Kier molecular flexibility index (Phi) is 5.29. The standard InChI is InChI=1S/C10H13NO2/c1-4-6-8(3)9(7-11)10(12)13-5-2/h4,6H,5H2,1-3H3/b6-4+,9-8+. The molecule has 13 heavy (non-hydrogen) atoms. The Morgan fingerprint density at radius 1 is 1.62 bits per heavy atom. The van der Waals surface area contributed by atoms with Gasteiger partial charge in [-0.25, -0.2) is 4.79 Å². The monoisotopic (exact) mass is 179 g/mol. The van der Waals surface area contributed by atoms with E-state index in [9.17, 15) is 4.79 Å². The number of hydrogen-bond acceptors (Lipinski definition) is 3. The SMILES string of the molecule is C/C=C/C(C)=C(\C#N)C(=O)OCC. The summed E-state index contributed by atoms with van der Waals surface area (Å²) in [7, 11) is 0. The first-order chi connectivity index (χ1) is 6.17. The van der Waals surface area contributed by atoms with Gasteiger partial charge in [-0.1, -0.05) is 12.2 Å². The minimum atomic E-state index is -0.555. The van der Waals surface area contributed by atoms with Gasteiger partial charge in [0.2, 0.25) is 0 Å². The maximum absolute atomic E-state index is 11.2. The third kappa shape index (κ3) is 3.57. The van der Waals surface area contributed by atoms with Gasteiger partial charge in [0.15, 0.2) is 0 Å². The lowest BCUT2D eigenvalue weighted by molar-refractivity contribution is -0.138. The summed E-state index contributed by atoms with van der Waals surface area (Å²) >= 11 is 0. The van der Waals surface area contributed by atoms with Crippen molar-refractivity contribution in [3.05, 3.63) is 23.3 Å². The molecule has 0 aromatic rings. The molecule has 0 aliphatic carbocycles. The number of hydrogen-bond donors (Lipinski definition) is 0. The zero-order chi connectivity index (χ0) is 10.3. The zero-order valence-corrected chi connectivity index (χ0v) is 8.13. The molecule has 0 radical (unpaired) electrons. The molecule has 0 N–H and O–H groups in total. The van der Waals surface area contributed by atoms with E-state index in [-0.39, 0.29) is 12.2 Å². The van der Waals surface area contributed by atoms with Crippen LogP contribution in [0.1, 0.15) is 20.8 Å². The van der Waals surface area contributed by atoms with Crippen LogP contribution in [0.2, 0.25) is 0 Å². The number of nitriles is 1. The van der Waals surface area contributed by atoms with Crippen LogP contribution < -0.4 is 0 Å². The number of rotatable bonds is 3. The second-order valence-electron chi connectivity index (χ2n) is 2.39. The number of carbonyl (C=O) groups excluding carboxylic acids is 1. The Bertz CT molecular complexity index is 282. The van der Waals surface area contributed by atoms with E-state index < -0.39 is 5.97 Å². The second kappa shape index (κ2) is 6.01. The Hall–Kier alpha value is -1.56. The van der Waals surface area contributed by atoms with E-state index >= 15 is 0 Å². The summed E-state index contributed by atoms with van der Waals surface area (Å²) < 4.78 is 4.71. The summed E-state index contributed by atoms with van der Waals surface area (Å²) in [5.74, 6) is -0.555. The molecule has 0 atom stereocenters. The summed E-state index contributed by atoms with van der Waals surface area (Å²) in [5, 5.41) is 8.68. The van der Waals surface area contributed by atoms with Crippen molar-refractivity contribution in [2.45, 2.75) is 20.8 Å². The van der Waals surface area contributed by atoms with E-state index in [1.54, 1.807) is 26.0 Å². The van der Waals surface area contributed by atoms with E-state index in [4.69, 9.17) is 10.00 Å². The van der Waals surface area contributed by atoms with Gasteiger partial charge in [-0.2, -0.15) is 5.26 Å². The molecule has 0 aromatic carbocycles. The number of carbonyl (C=O) groups is 1. The second-order valence-corrected chi connectivity index (χ2v) is 2.39. The molecule has 3 nitrogen and oxygen atoms in total. The molecule has 0 unspecified atom stereocenters. The van der Waals surface area contributed by atoms with Crippen molar-refractivity contribution in [1.82, 2.24) is 0 Å². The fourth-order valence-electron chi connectivity index (χ4n) is 0.831. The van der Waals surface area contributed by atoms with Gasteiger partial charge in [-0.3, -0.25) is 0 Å². The van der Waals surface area contributed by atoms with Gasteiger partial charge in [0.1, 0.15) is 11.6 Å². The molecule has 3 heteroatoms. The zero-order valence-electron chi connectivity index (χ0n) is 8.13. The molecule has 0 rings (SSSR count). The molecule has 0 aromatic heterocycles. The lowest BCUT2D eigenvalue weighted by atomic mass is 10.1. The summed E-state index contributed by atoms with van der Waals surface area (Å²) in [6.45, 7) is 5.52. The highest BCUT2D eigenvalue weighted by Gasteiger charge is 2.11. The van der Waals surface area contributed by atoms with Crippen molar-refractivity contribution < 1.29 is 9.53 Å². The largest absolute Gasteiger partial charge is 0.462 e. The highest BCUT2D eigenvalue weighted by atomic mass is 16.5.